The number of nitrogens with zero attached hydrogens (tertiary/aromatic N) is 5. The molecule has 0 radical (unpaired) electrons. The minimum atomic E-state index is -0.589. The molecule has 2 aromatic rings. The number of anilines is 1. The molecule has 1 saturated heterocycles. The number of nitro groups is 2. The summed E-state index contributed by atoms with van der Waals surface area (Å²) in [5, 5.41) is 21.8. The van der Waals surface area contributed by atoms with Gasteiger partial charge in [0, 0.05) is 43.9 Å². The molecule has 0 N–H and O–H groups in total. The van der Waals surface area contributed by atoms with Gasteiger partial charge in [-0.15, -0.1) is 0 Å². The monoisotopic (exact) mass is 387 g/mol. The predicted octanol–water partition coefficient (Wildman–Crippen LogP) is 1.87. The third-order valence-corrected chi connectivity index (χ3v) is 4.46. The Bertz CT molecular complexity index is 909. The molecule has 1 aliphatic heterocycles. The zero-order valence-electron chi connectivity index (χ0n) is 15.0. The normalized spacial score (nSPS) is 13.9. The van der Waals surface area contributed by atoms with Gasteiger partial charge in [-0.2, -0.15) is 0 Å². The lowest BCUT2D eigenvalue weighted by molar-refractivity contribution is -0.385. The number of carbonyl (C=O) groups is 1. The highest BCUT2D eigenvalue weighted by atomic mass is 16.6. The van der Waals surface area contributed by atoms with Crippen molar-refractivity contribution >= 4 is 23.1 Å². The molecule has 28 heavy (non-hydrogen) atoms. The van der Waals surface area contributed by atoms with E-state index in [0.717, 1.165) is 0 Å². The van der Waals surface area contributed by atoms with E-state index in [0.29, 0.717) is 32.0 Å². The van der Waals surface area contributed by atoms with Gasteiger partial charge in [0.05, 0.1) is 17.0 Å². The summed E-state index contributed by atoms with van der Waals surface area (Å²) in [5.74, 6) is 0.385. The van der Waals surface area contributed by atoms with Gasteiger partial charge in [-0.1, -0.05) is 0 Å². The van der Waals surface area contributed by atoms with Crippen molar-refractivity contribution in [3.05, 3.63) is 62.3 Å². The number of pyridine rings is 1. The second-order valence-corrected chi connectivity index (χ2v) is 6.05. The first-order chi connectivity index (χ1) is 13.4. The number of methoxy groups -OCH3 is 1. The average Bonchev–Trinajstić information content (AvgIpc) is 2.73. The molecule has 3 rings (SSSR count). The standard InChI is InChI=1S/C17H17N5O6/c1-28-15-4-2-12(10-14(15)22(26)27)17(23)20-8-6-19(7-9-20)16-5-3-13(11-18-16)21(24)25/h2-5,10-11H,6-9H2,1H3. The number of hydrogen-bond donors (Lipinski definition) is 0. The van der Waals surface area contributed by atoms with Crippen molar-refractivity contribution in [1.82, 2.24) is 9.88 Å². The van der Waals surface area contributed by atoms with Crippen molar-refractivity contribution in [1.29, 1.82) is 0 Å². The number of carbonyl (C=O) groups excluding carboxylic acids is 1. The molecule has 0 unspecified atom stereocenters. The molecule has 1 fully saturated rings. The van der Waals surface area contributed by atoms with E-state index in [1.165, 1.54) is 37.6 Å². The van der Waals surface area contributed by atoms with E-state index in [1.807, 2.05) is 4.90 Å². The summed E-state index contributed by atoms with van der Waals surface area (Å²) >= 11 is 0. The van der Waals surface area contributed by atoms with E-state index >= 15 is 0 Å². The molecule has 1 amide bonds. The third kappa shape index (κ3) is 3.82. The van der Waals surface area contributed by atoms with E-state index in [9.17, 15) is 25.0 Å². The molecule has 0 aliphatic carbocycles. The number of aromatic nitrogens is 1. The highest BCUT2D eigenvalue weighted by Crippen LogP contribution is 2.28. The predicted molar refractivity (Wildman–Crippen MR) is 98.7 cm³/mol. The smallest absolute Gasteiger partial charge is 0.311 e. The molecule has 2 heterocycles. The van der Waals surface area contributed by atoms with Crippen LogP contribution in [-0.2, 0) is 0 Å². The fourth-order valence-corrected chi connectivity index (χ4v) is 2.96. The summed E-state index contributed by atoms with van der Waals surface area (Å²) in [4.78, 5) is 41.1. The van der Waals surface area contributed by atoms with Crippen LogP contribution in [0, 0.1) is 20.2 Å². The van der Waals surface area contributed by atoms with Gasteiger partial charge in [0.2, 0.25) is 0 Å². The minimum Gasteiger partial charge on any atom is -0.490 e. The first-order valence-electron chi connectivity index (χ1n) is 8.38. The molecule has 1 aliphatic rings. The first kappa shape index (κ1) is 19.0. The summed E-state index contributed by atoms with van der Waals surface area (Å²) in [6, 6.07) is 7.07. The number of nitro benzene ring substituents is 1. The van der Waals surface area contributed by atoms with Gasteiger partial charge in [0.25, 0.3) is 11.6 Å². The van der Waals surface area contributed by atoms with Crippen LogP contribution >= 0.6 is 0 Å². The van der Waals surface area contributed by atoms with Crippen LogP contribution in [0.4, 0.5) is 17.2 Å². The number of piperazine rings is 1. The Labute approximate surface area is 159 Å². The van der Waals surface area contributed by atoms with Crippen LogP contribution in [0.5, 0.6) is 5.75 Å². The Balaban J connectivity index is 1.67. The number of benzene rings is 1. The maximum absolute atomic E-state index is 12.7. The van der Waals surface area contributed by atoms with Gasteiger partial charge < -0.3 is 14.5 Å². The van der Waals surface area contributed by atoms with Crippen LogP contribution in [0.2, 0.25) is 0 Å². The van der Waals surface area contributed by atoms with Crippen molar-refractivity contribution in [2.45, 2.75) is 0 Å². The van der Waals surface area contributed by atoms with Crippen molar-refractivity contribution in [3.8, 4) is 5.75 Å². The molecular weight excluding hydrogens is 370 g/mol. The molecular formula is C17H17N5O6. The lowest BCUT2D eigenvalue weighted by atomic mass is 10.1. The quantitative estimate of drug-likeness (QED) is 0.561. The molecule has 11 heteroatoms. The second kappa shape index (κ2) is 7.86. The van der Waals surface area contributed by atoms with E-state index < -0.39 is 9.85 Å². The zero-order valence-corrected chi connectivity index (χ0v) is 15.0. The highest BCUT2D eigenvalue weighted by molar-refractivity contribution is 5.95. The number of amides is 1. The molecule has 0 atom stereocenters. The fraction of sp³-hybridized carbons (Fsp3) is 0.294. The van der Waals surface area contributed by atoms with Crippen LogP contribution in [-0.4, -0.2) is 58.9 Å². The van der Waals surface area contributed by atoms with Gasteiger partial charge in [-0.3, -0.25) is 25.0 Å². The van der Waals surface area contributed by atoms with Crippen LogP contribution in [0.25, 0.3) is 0 Å². The molecule has 1 aromatic carbocycles. The summed E-state index contributed by atoms with van der Waals surface area (Å²) < 4.78 is 4.95. The summed E-state index contributed by atoms with van der Waals surface area (Å²) in [5.41, 5.74) is -0.129. The van der Waals surface area contributed by atoms with Gasteiger partial charge in [0.1, 0.15) is 12.0 Å². The topological polar surface area (TPSA) is 132 Å². The van der Waals surface area contributed by atoms with Crippen LogP contribution in [0.15, 0.2) is 36.5 Å². The van der Waals surface area contributed by atoms with E-state index in [4.69, 9.17) is 4.74 Å². The van der Waals surface area contributed by atoms with Crippen molar-refractivity contribution in [2.24, 2.45) is 0 Å². The van der Waals surface area contributed by atoms with Crippen LogP contribution in [0.3, 0.4) is 0 Å². The summed E-state index contributed by atoms with van der Waals surface area (Å²) in [7, 11) is 1.33. The van der Waals surface area contributed by atoms with Gasteiger partial charge in [0.15, 0.2) is 5.75 Å². The Morgan fingerprint density at radius 2 is 1.79 bits per heavy atom. The van der Waals surface area contributed by atoms with Gasteiger partial charge >= 0.3 is 5.69 Å². The molecule has 0 saturated carbocycles. The number of hydrogen-bond acceptors (Lipinski definition) is 8. The van der Waals surface area contributed by atoms with Crippen molar-refractivity contribution in [2.75, 3.05) is 38.2 Å². The molecule has 1 aromatic heterocycles. The summed E-state index contributed by atoms with van der Waals surface area (Å²) in [6.07, 6.45) is 1.20. The van der Waals surface area contributed by atoms with Crippen LogP contribution < -0.4 is 9.64 Å². The highest BCUT2D eigenvalue weighted by Gasteiger charge is 2.25. The molecule has 11 nitrogen and oxygen atoms in total. The third-order valence-electron chi connectivity index (χ3n) is 4.46. The Morgan fingerprint density at radius 3 is 2.32 bits per heavy atom. The zero-order chi connectivity index (χ0) is 20.3. The van der Waals surface area contributed by atoms with E-state index in [-0.39, 0.29) is 28.6 Å². The maximum Gasteiger partial charge on any atom is 0.311 e. The van der Waals surface area contributed by atoms with E-state index in [2.05, 4.69) is 4.98 Å². The van der Waals surface area contributed by atoms with Gasteiger partial charge in [-0.25, -0.2) is 4.98 Å². The second-order valence-electron chi connectivity index (χ2n) is 6.05. The number of ether oxygens (including phenoxy) is 1. The Hall–Kier alpha value is -3.76. The largest absolute Gasteiger partial charge is 0.490 e. The molecule has 0 spiro atoms. The van der Waals surface area contributed by atoms with Crippen molar-refractivity contribution in [3.63, 3.8) is 0 Å². The lowest BCUT2D eigenvalue weighted by Crippen LogP contribution is -2.49. The first-order valence-corrected chi connectivity index (χ1v) is 8.38. The fourth-order valence-electron chi connectivity index (χ4n) is 2.96. The minimum absolute atomic E-state index is 0.0846. The van der Waals surface area contributed by atoms with Crippen LogP contribution in [0.1, 0.15) is 10.4 Å². The lowest BCUT2D eigenvalue weighted by Gasteiger charge is -2.35. The average molecular weight is 387 g/mol. The van der Waals surface area contributed by atoms with Gasteiger partial charge in [-0.05, 0) is 18.2 Å². The molecule has 0 bridgehead atoms. The number of rotatable bonds is 5. The van der Waals surface area contributed by atoms with E-state index in [1.54, 1.807) is 11.0 Å². The summed E-state index contributed by atoms with van der Waals surface area (Å²) in [6.45, 7) is 1.79. The van der Waals surface area contributed by atoms with Crippen molar-refractivity contribution < 1.29 is 19.4 Å². The Morgan fingerprint density at radius 1 is 1.07 bits per heavy atom. The molecule has 146 valence electrons. The SMILES string of the molecule is COc1ccc(C(=O)N2CCN(c3ccc([N+](=O)[O-])cn3)CC2)cc1[N+](=O)[O-]. The Kier molecular flexibility index (Phi) is 5.34. The maximum atomic E-state index is 12.7.